The minimum Gasteiger partial charge on any atom is -0.361 e. The molecule has 0 bridgehead atoms. The predicted octanol–water partition coefficient (Wildman–Crippen LogP) is 4.38. The molecule has 0 unspecified atom stereocenters. The summed E-state index contributed by atoms with van der Waals surface area (Å²) in [6.07, 6.45) is 0.781. The lowest BCUT2D eigenvalue weighted by Gasteiger charge is -2.31. The van der Waals surface area contributed by atoms with E-state index in [-0.39, 0.29) is 21.4 Å². The Kier molecular flexibility index (Phi) is 4.43. The van der Waals surface area contributed by atoms with Crippen LogP contribution in [0.5, 0.6) is 0 Å². The molecule has 26 heavy (non-hydrogen) atoms. The van der Waals surface area contributed by atoms with Gasteiger partial charge in [0.25, 0.3) is 11.8 Å². The third kappa shape index (κ3) is 2.78. The van der Waals surface area contributed by atoms with Crippen molar-refractivity contribution < 1.29 is 9.59 Å². The molecule has 0 spiro atoms. The first-order chi connectivity index (χ1) is 12.5. The molecule has 0 aromatic heterocycles. The molecule has 4 nitrogen and oxygen atoms in total. The number of benzene rings is 2. The maximum Gasteiger partial charge on any atom is 0.283 e. The van der Waals surface area contributed by atoms with Crippen molar-refractivity contribution in [1.82, 2.24) is 4.90 Å². The van der Waals surface area contributed by atoms with Gasteiger partial charge in [0.05, 0.1) is 10.7 Å². The second kappa shape index (κ2) is 6.62. The first kappa shape index (κ1) is 17.4. The normalized spacial score (nSPS) is 17.2. The molecule has 0 saturated heterocycles. The molecular formula is C19H13Cl3N2O2. The minimum atomic E-state index is -0.588. The molecule has 2 aliphatic rings. The van der Waals surface area contributed by atoms with Crippen LogP contribution in [-0.2, 0) is 22.6 Å². The second-order valence-electron chi connectivity index (χ2n) is 6.14. The van der Waals surface area contributed by atoms with Gasteiger partial charge in [-0.3, -0.25) is 9.59 Å². The number of rotatable bonds is 2. The van der Waals surface area contributed by atoms with Gasteiger partial charge in [0, 0.05) is 18.1 Å². The summed E-state index contributed by atoms with van der Waals surface area (Å²) in [6, 6.07) is 12.7. The van der Waals surface area contributed by atoms with E-state index >= 15 is 0 Å². The molecule has 2 amide bonds. The quantitative estimate of drug-likeness (QED) is 0.694. The van der Waals surface area contributed by atoms with Crippen LogP contribution in [-0.4, -0.2) is 23.3 Å². The lowest BCUT2D eigenvalue weighted by Crippen LogP contribution is -2.37. The Hall–Kier alpha value is -2.01. The molecule has 0 aliphatic carbocycles. The van der Waals surface area contributed by atoms with E-state index in [1.165, 1.54) is 11.6 Å². The van der Waals surface area contributed by atoms with Crippen LogP contribution in [0.3, 0.4) is 0 Å². The van der Waals surface area contributed by atoms with Crippen molar-refractivity contribution in [2.24, 2.45) is 0 Å². The van der Waals surface area contributed by atoms with Crippen molar-refractivity contribution >= 4 is 52.3 Å². The number of fused-ring (bicyclic) bond motifs is 1. The van der Waals surface area contributed by atoms with Gasteiger partial charge < -0.3 is 4.90 Å². The number of carbonyl (C=O) groups is 2. The van der Waals surface area contributed by atoms with Crippen molar-refractivity contribution in [1.29, 1.82) is 0 Å². The summed E-state index contributed by atoms with van der Waals surface area (Å²) >= 11 is 18.4. The van der Waals surface area contributed by atoms with Crippen molar-refractivity contribution in [3.8, 4) is 0 Å². The Morgan fingerprint density at radius 3 is 2.38 bits per heavy atom. The van der Waals surface area contributed by atoms with Crippen LogP contribution in [0.2, 0.25) is 10.0 Å². The highest BCUT2D eigenvalue weighted by Crippen LogP contribution is 2.37. The van der Waals surface area contributed by atoms with Crippen molar-refractivity contribution in [2.45, 2.75) is 13.0 Å². The zero-order valence-electron chi connectivity index (χ0n) is 13.5. The largest absolute Gasteiger partial charge is 0.361 e. The Morgan fingerprint density at radius 1 is 0.885 bits per heavy atom. The summed E-state index contributed by atoms with van der Waals surface area (Å²) in [6.45, 7) is 1.14. The van der Waals surface area contributed by atoms with E-state index in [1.807, 2.05) is 23.1 Å². The molecule has 0 fully saturated rings. The van der Waals surface area contributed by atoms with E-state index < -0.39 is 11.8 Å². The van der Waals surface area contributed by atoms with Gasteiger partial charge >= 0.3 is 0 Å². The number of carbonyl (C=O) groups excluding carboxylic acids is 2. The van der Waals surface area contributed by atoms with Crippen LogP contribution in [0.1, 0.15) is 11.1 Å². The van der Waals surface area contributed by atoms with Gasteiger partial charge in [-0.15, -0.1) is 0 Å². The maximum absolute atomic E-state index is 13.0. The monoisotopic (exact) mass is 406 g/mol. The molecule has 132 valence electrons. The Labute approximate surface area is 165 Å². The maximum atomic E-state index is 13.0. The van der Waals surface area contributed by atoms with E-state index in [0.29, 0.717) is 18.1 Å². The summed E-state index contributed by atoms with van der Waals surface area (Å²) in [7, 11) is 0. The highest BCUT2D eigenvalue weighted by molar-refractivity contribution is 6.53. The van der Waals surface area contributed by atoms with E-state index in [1.54, 1.807) is 12.1 Å². The average molecular weight is 408 g/mol. The number of hydrogen-bond acceptors (Lipinski definition) is 3. The summed E-state index contributed by atoms with van der Waals surface area (Å²) < 4.78 is 0. The summed E-state index contributed by atoms with van der Waals surface area (Å²) in [5.41, 5.74) is 2.81. The fourth-order valence-corrected chi connectivity index (χ4v) is 3.98. The van der Waals surface area contributed by atoms with Gasteiger partial charge in [-0.05, 0) is 35.7 Å². The molecular weight excluding hydrogens is 395 g/mol. The number of anilines is 1. The summed E-state index contributed by atoms with van der Waals surface area (Å²) in [4.78, 5) is 28.5. The third-order valence-corrected chi connectivity index (χ3v) is 5.50. The topological polar surface area (TPSA) is 40.6 Å². The molecule has 2 aromatic rings. The van der Waals surface area contributed by atoms with Gasteiger partial charge in [0.15, 0.2) is 0 Å². The molecule has 2 aliphatic heterocycles. The first-order valence-corrected chi connectivity index (χ1v) is 9.16. The molecule has 4 rings (SSSR count). The van der Waals surface area contributed by atoms with Crippen LogP contribution < -0.4 is 4.90 Å². The Morgan fingerprint density at radius 2 is 1.62 bits per heavy atom. The number of nitrogens with zero attached hydrogens (tertiary/aromatic N) is 2. The van der Waals surface area contributed by atoms with Gasteiger partial charge in [-0.2, -0.15) is 0 Å². The minimum absolute atomic E-state index is 0.0922. The van der Waals surface area contributed by atoms with Crippen molar-refractivity contribution in [2.75, 3.05) is 11.4 Å². The van der Waals surface area contributed by atoms with Crippen molar-refractivity contribution in [3.05, 3.63) is 74.4 Å². The Bertz CT molecular complexity index is 971. The van der Waals surface area contributed by atoms with Crippen molar-refractivity contribution in [3.63, 3.8) is 0 Å². The predicted molar refractivity (Wildman–Crippen MR) is 102 cm³/mol. The molecule has 2 aromatic carbocycles. The lowest BCUT2D eigenvalue weighted by molar-refractivity contribution is -0.121. The highest BCUT2D eigenvalue weighted by Gasteiger charge is 2.42. The van der Waals surface area contributed by atoms with E-state index in [0.717, 1.165) is 16.9 Å². The average Bonchev–Trinajstić information content (AvgIpc) is 2.86. The summed E-state index contributed by atoms with van der Waals surface area (Å²) in [5, 5.41) is 0.540. The zero-order chi connectivity index (χ0) is 18.4. The zero-order valence-corrected chi connectivity index (χ0v) is 15.8. The molecule has 0 atom stereocenters. The highest BCUT2D eigenvalue weighted by atomic mass is 35.5. The number of halogens is 3. The second-order valence-corrected chi connectivity index (χ2v) is 7.37. The SMILES string of the molecule is O=C1C(Cl)=C(N2CCc3ccccc3C2)C(=O)N1c1cc(Cl)ccc1Cl. The van der Waals surface area contributed by atoms with Crippen LogP contribution in [0, 0.1) is 0 Å². The van der Waals surface area contributed by atoms with Gasteiger partial charge in [0.1, 0.15) is 10.7 Å². The fraction of sp³-hybridized carbons (Fsp3) is 0.158. The van der Waals surface area contributed by atoms with E-state index in [9.17, 15) is 9.59 Å². The number of imide groups is 1. The fourth-order valence-electron chi connectivity index (χ4n) is 3.33. The van der Waals surface area contributed by atoms with Crippen LogP contribution >= 0.6 is 34.8 Å². The molecule has 0 saturated carbocycles. The number of amides is 2. The molecule has 2 heterocycles. The Balaban J connectivity index is 1.69. The smallest absolute Gasteiger partial charge is 0.283 e. The molecule has 0 radical (unpaired) electrons. The first-order valence-electron chi connectivity index (χ1n) is 8.02. The van der Waals surface area contributed by atoms with Crippen LogP contribution in [0.25, 0.3) is 0 Å². The number of hydrogen-bond donors (Lipinski definition) is 0. The standard InChI is InChI=1S/C19H13Cl3N2O2/c20-13-5-6-14(21)15(9-13)24-18(25)16(22)17(19(24)26)23-8-7-11-3-1-2-4-12(11)10-23/h1-6,9H,7-8,10H2. The van der Waals surface area contributed by atoms with E-state index in [4.69, 9.17) is 34.8 Å². The van der Waals surface area contributed by atoms with Gasteiger partial charge in [0.2, 0.25) is 0 Å². The van der Waals surface area contributed by atoms with E-state index in [2.05, 4.69) is 6.07 Å². The lowest BCUT2D eigenvalue weighted by atomic mass is 9.99. The molecule has 0 N–H and O–H groups in total. The van der Waals surface area contributed by atoms with Gasteiger partial charge in [-0.25, -0.2) is 4.90 Å². The van der Waals surface area contributed by atoms with Crippen LogP contribution in [0.15, 0.2) is 53.2 Å². The van der Waals surface area contributed by atoms with Gasteiger partial charge in [-0.1, -0.05) is 59.1 Å². The molecule has 7 heteroatoms. The van der Waals surface area contributed by atoms with Crippen LogP contribution in [0.4, 0.5) is 5.69 Å². The summed E-state index contributed by atoms with van der Waals surface area (Å²) in [5.74, 6) is -1.07. The third-order valence-electron chi connectivity index (χ3n) is 4.60.